The Labute approximate surface area is 177 Å². The molecular weight excluding hydrogens is 370 g/mol. The average molecular weight is 392 g/mol. The van der Waals surface area contributed by atoms with Crippen molar-refractivity contribution in [3.8, 4) is 5.75 Å². The molecule has 0 saturated carbocycles. The third-order valence-electron chi connectivity index (χ3n) is 5.13. The summed E-state index contributed by atoms with van der Waals surface area (Å²) in [5.74, 6) is 0.743. The van der Waals surface area contributed by atoms with Gasteiger partial charge in [0.25, 0.3) is 0 Å². The van der Waals surface area contributed by atoms with E-state index in [4.69, 9.17) is 4.74 Å². The lowest BCUT2D eigenvalue weighted by Gasteiger charge is -2.11. The highest BCUT2D eigenvalue weighted by Crippen LogP contribution is 2.11. The molecule has 4 aromatic carbocycles. The highest BCUT2D eigenvalue weighted by molar-refractivity contribution is 6.79. The second kappa shape index (κ2) is 9.49. The summed E-state index contributed by atoms with van der Waals surface area (Å²) < 4.78 is 5.87. The minimum atomic E-state index is -0.649. The predicted molar refractivity (Wildman–Crippen MR) is 125 cm³/mol. The fourth-order valence-electron chi connectivity index (χ4n) is 3.36. The van der Waals surface area contributed by atoms with Gasteiger partial charge in [-0.3, -0.25) is 0 Å². The number of benzene rings is 4. The molecule has 0 bridgehead atoms. The molecule has 0 aliphatic rings. The van der Waals surface area contributed by atoms with Crippen LogP contribution >= 0.6 is 0 Å². The molecule has 0 aromatic heterocycles. The van der Waals surface area contributed by atoms with Gasteiger partial charge in [-0.15, -0.1) is 0 Å². The molecule has 0 atom stereocenters. The summed E-state index contributed by atoms with van der Waals surface area (Å²) in [6.07, 6.45) is 0. The van der Waals surface area contributed by atoms with Gasteiger partial charge in [-0.1, -0.05) is 97.1 Å². The molecule has 0 unspecified atom stereocenters. The lowest BCUT2D eigenvalue weighted by Crippen LogP contribution is -2.42. The summed E-state index contributed by atoms with van der Waals surface area (Å²) in [4.78, 5) is 0. The minimum Gasteiger partial charge on any atom is -0.489 e. The Morgan fingerprint density at radius 2 is 0.900 bits per heavy atom. The maximum atomic E-state index is 10.5. The Balaban J connectivity index is 1.35. The van der Waals surface area contributed by atoms with E-state index < -0.39 is 13.8 Å². The number of ether oxygens (including phenoxy) is 1. The van der Waals surface area contributed by atoms with Crippen molar-refractivity contribution in [2.45, 2.75) is 6.61 Å². The van der Waals surface area contributed by atoms with Gasteiger partial charge < -0.3 is 14.8 Å². The van der Waals surface area contributed by atoms with Crippen molar-refractivity contribution in [2.75, 3.05) is 0 Å². The minimum absolute atomic E-state index is 0.433. The summed E-state index contributed by atoms with van der Waals surface area (Å²) in [6.45, 7) is -0.851. The van der Waals surface area contributed by atoms with Crippen LogP contribution in [-0.2, 0) is 6.61 Å². The van der Waals surface area contributed by atoms with Gasteiger partial charge in [0, 0.05) is 0 Å². The van der Waals surface area contributed by atoms with E-state index in [0.717, 1.165) is 33.2 Å². The standard InChI is InChI=1S/C25H22B2O3/c28-26(21-7-3-1-4-8-21)23-13-11-20(12-14-23)19-30-25-17-15-24(16-18-25)27(29)22-9-5-2-6-10-22/h1-18,28-29H,19H2. The molecule has 0 aliphatic carbocycles. The van der Waals surface area contributed by atoms with Crippen LogP contribution < -0.4 is 26.6 Å². The van der Waals surface area contributed by atoms with E-state index in [2.05, 4.69) is 0 Å². The number of hydrogen-bond acceptors (Lipinski definition) is 3. The molecule has 0 radical (unpaired) electrons. The highest BCUT2D eigenvalue weighted by Gasteiger charge is 2.17. The van der Waals surface area contributed by atoms with Crippen molar-refractivity contribution in [2.24, 2.45) is 0 Å². The van der Waals surface area contributed by atoms with E-state index >= 15 is 0 Å². The van der Waals surface area contributed by atoms with E-state index in [9.17, 15) is 10.0 Å². The summed E-state index contributed by atoms with van der Waals surface area (Å²) in [5, 5.41) is 21.0. The van der Waals surface area contributed by atoms with E-state index in [0.29, 0.717) is 6.61 Å². The lowest BCUT2D eigenvalue weighted by molar-refractivity contribution is 0.306. The summed E-state index contributed by atoms with van der Waals surface area (Å²) in [7, 11) is 0. The second-order valence-corrected chi connectivity index (χ2v) is 7.23. The van der Waals surface area contributed by atoms with E-state index in [1.54, 1.807) is 0 Å². The van der Waals surface area contributed by atoms with Gasteiger partial charge in [-0.2, -0.15) is 0 Å². The van der Waals surface area contributed by atoms with Crippen LogP contribution in [0.3, 0.4) is 0 Å². The van der Waals surface area contributed by atoms with Crippen LogP contribution in [0.15, 0.2) is 109 Å². The van der Waals surface area contributed by atoms with Crippen LogP contribution in [0, 0.1) is 0 Å². The zero-order chi connectivity index (χ0) is 20.8. The smallest absolute Gasteiger partial charge is 0.358 e. The van der Waals surface area contributed by atoms with Gasteiger partial charge in [-0.05, 0) is 39.5 Å². The Morgan fingerprint density at radius 3 is 1.37 bits per heavy atom. The van der Waals surface area contributed by atoms with Gasteiger partial charge >= 0.3 is 13.8 Å². The SMILES string of the molecule is OB(c1ccccc1)c1ccc(COc2ccc(B(O)c3ccccc3)cc2)cc1. The molecule has 3 nitrogen and oxygen atoms in total. The van der Waals surface area contributed by atoms with Crippen molar-refractivity contribution in [1.29, 1.82) is 0 Å². The molecule has 0 amide bonds. The molecule has 5 heteroatoms. The first-order valence-electron chi connectivity index (χ1n) is 9.98. The normalized spacial score (nSPS) is 10.5. The van der Waals surface area contributed by atoms with Crippen LogP contribution in [-0.4, -0.2) is 23.9 Å². The lowest BCUT2D eigenvalue weighted by atomic mass is 9.56. The first-order chi connectivity index (χ1) is 14.7. The van der Waals surface area contributed by atoms with Gasteiger partial charge in [0.15, 0.2) is 0 Å². The predicted octanol–water partition coefficient (Wildman–Crippen LogP) is 1.46. The van der Waals surface area contributed by atoms with Crippen molar-refractivity contribution in [3.05, 3.63) is 115 Å². The van der Waals surface area contributed by atoms with Crippen LogP contribution in [0.5, 0.6) is 5.75 Å². The maximum absolute atomic E-state index is 10.5. The Bertz CT molecular complexity index is 964. The Kier molecular flexibility index (Phi) is 6.33. The molecule has 30 heavy (non-hydrogen) atoms. The first kappa shape index (κ1) is 20.0. The van der Waals surface area contributed by atoms with Crippen LogP contribution in [0.1, 0.15) is 5.56 Å². The van der Waals surface area contributed by atoms with E-state index in [-0.39, 0.29) is 0 Å². The zero-order valence-corrected chi connectivity index (χ0v) is 16.6. The molecular formula is C25H22B2O3. The van der Waals surface area contributed by atoms with Gasteiger partial charge in [0.2, 0.25) is 0 Å². The molecule has 0 saturated heterocycles. The largest absolute Gasteiger partial charge is 0.489 e. The van der Waals surface area contributed by atoms with Crippen molar-refractivity contribution in [1.82, 2.24) is 0 Å². The molecule has 0 spiro atoms. The fourth-order valence-corrected chi connectivity index (χ4v) is 3.36. The topological polar surface area (TPSA) is 49.7 Å². The Hall–Kier alpha value is -3.27. The molecule has 4 aromatic rings. The van der Waals surface area contributed by atoms with Crippen molar-refractivity contribution in [3.63, 3.8) is 0 Å². The molecule has 2 N–H and O–H groups in total. The number of hydrogen-bond donors (Lipinski definition) is 2. The third kappa shape index (κ3) is 4.82. The molecule has 0 aliphatic heterocycles. The fraction of sp³-hybridized carbons (Fsp3) is 0.0400. The van der Waals surface area contributed by atoms with Gasteiger partial charge in [-0.25, -0.2) is 0 Å². The summed E-state index contributed by atoms with van der Waals surface area (Å²) in [5.41, 5.74) is 4.44. The second-order valence-electron chi connectivity index (χ2n) is 7.23. The molecule has 146 valence electrons. The zero-order valence-electron chi connectivity index (χ0n) is 16.6. The van der Waals surface area contributed by atoms with Crippen molar-refractivity contribution >= 4 is 35.7 Å². The third-order valence-corrected chi connectivity index (χ3v) is 5.13. The summed E-state index contributed by atoms with van der Waals surface area (Å²) >= 11 is 0. The molecule has 0 heterocycles. The maximum Gasteiger partial charge on any atom is 0.358 e. The highest BCUT2D eigenvalue weighted by atomic mass is 16.5. The first-order valence-corrected chi connectivity index (χ1v) is 9.98. The van der Waals surface area contributed by atoms with Gasteiger partial charge in [0.05, 0.1) is 0 Å². The van der Waals surface area contributed by atoms with Crippen LogP contribution in [0.25, 0.3) is 0 Å². The van der Waals surface area contributed by atoms with Crippen molar-refractivity contribution < 1.29 is 14.8 Å². The van der Waals surface area contributed by atoms with Gasteiger partial charge in [0.1, 0.15) is 12.4 Å². The Morgan fingerprint density at radius 1 is 0.500 bits per heavy atom. The monoisotopic (exact) mass is 392 g/mol. The number of rotatable bonds is 7. The molecule has 4 rings (SSSR count). The summed E-state index contributed by atoms with van der Waals surface area (Å²) in [6, 6.07) is 34.5. The van der Waals surface area contributed by atoms with E-state index in [1.165, 1.54) is 0 Å². The van der Waals surface area contributed by atoms with Crippen LogP contribution in [0.4, 0.5) is 0 Å². The average Bonchev–Trinajstić information content (AvgIpc) is 2.83. The molecule has 0 fully saturated rings. The van der Waals surface area contributed by atoms with Crippen LogP contribution in [0.2, 0.25) is 0 Å². The van der Waals surface area contributed by atoms with E-state index in [1.807, 2.05) is 109 Å². The quantitative estimate of drug-likeness (QED) is 0.469.